The summed E-state index contributed by atoms with van der Waals surface area (Å²) < 4.78 is 0. The summed E-state index contributed by atoms with van der Waals surface area (Å²) >= 11 is 0. The van der Waals surface area contributed by atoms with E-state index in [-0.39, 0.29) is 21.7 Å². The molecule has 1 aliphatic carbocycles. The summed E-state index contributed by atoms with van der Waals surface area (Å²) in [6.07, 6.45) is 8.91. The Hall–Kier alpha value is -4.82. The van der Waals surface area contributed by atoms with E-state index in [0.717, 1.165) is 12.8 Å². The third-order valence-electron chi connectivity index (χ3n) is 12.6. The van der Waals surface area contributed by atoms with Gasteiger partial charge in [0.2, 0.25) is 0 Å². The van der Waals surface area contributed by atoms with E-state index in [1.165, 1.54) is 84.2 Å². The lowest BCUT2D eigenvalue weighted by atomic mass is 9.60. The van der Waals surface area contributed by atoms with Crippen LogP contribution < -0.4 is 9.80 Å². The highest BCUT2D eigenvalue weighted by Gasteiger charge is 2.52. The maximum atomic E-state index is 2.69. The van der Waals surface area contributed by atoms with Gasteiger partial charge in [-0.15, -0.1) is 0 Å². The van der Waals surface area contributed by atoms with E-state index in [2.05, 4.69) is 187 Å². The minimum Gasteiger partial charge on any atom is -0.314 e. The van der Waals surface area contributed by atoms with E-state index in [1.807, 2.05) is 0 Å². The lowest BCUT2D eigenvalue weighted by Gasteiger charge is -2.55. The first-order valence-corrected chi connectivity index (χ1v) is 18.8. The van der Waals surface area contributed by atoms with Gasteiger partial charge in [0, 0.05) is 33.3 Å². The predicted octanol–water partition coefficient (Wildman–Crippen LogP) is 13.4. The van der Waals surface area contributed by atoms with Crippen LogP contribution in [0.25, 0.3) is 11.1 Å². The molecule has 0 saturated carbocycles. The predicted molar refractivity (Wildman–Crippen MR) is 217 cm³/mol. The molecular weight excluding hydrogens is 617 g/mol. The average molecular weight is 667 g/mol. The first-order chi connectivity index (χ1) is 24.2. The third-order valence-corrected chi connectivity index (χ3v) is 12.6. The minimum atomic E-state index is -0.246. The summed E-state index contributed by atoms with van der Waals surface area (Å²) in [6.45, 7) is 21.6. The molecule has 4 aliphatic rings. The Morgan fingerprint density at radius 2 is 1.08 bits per heavy atom. The Morgan fingerprint density at radius 3 is 1.61 bits per heavy atom. The van der Waals surface area contributed by atoms with Crippen molar-refractivity contribution in [2.75, 3.05) is 9.80 Å². The first-order valence-electron chi connectivity index (χ1n) is 18.8. The number of rotatable bonds is 4. The Labute approximate surface area is 305 Å². The highest BCUT2D eigenvalue weighted by molar-refractivity contribution is 6.00. The quantitative estimate of drug-likeness (QED) is 0.188. The first kappa shape index (κ1) is 32.1. The maximum Gasteiger partial charge on any atom is 0.0545 e. The molecule has 0 radical (unpaired) electrons. The van der Waals surface area contributed by atoms with Gasteiger partial charge < -0.3 is 9.80 Å². The van der Waals surface area contributed by atoms with Crippen LogP contribution in [0.4, 0.5) is 28.4 Å². The van der Waals surface area contributed by atoms with Gasteiger partial charge in [0.05, 0.1) is 17.1 Å². The average Bonchev–Trinajstić information content (AvgIpc) is 3.11. The Kier molecular flexibility index (Phi) is 6.68. The van der Waals surface area contributed by atoms with Crippen LogP contribution in [0.1, 0.15) is 114 Å². The lowest BCUT2D eigenvalue weighted by molar-refractivity contribution is 0.567. The molecule has 0 amide bonds. The highest BCUT2D eigenvalue weighted by Crippen LogP contribution is 2.67. The maximum absolute atomic E-state index is 2.69. The Balaban J connectivity index is 1.36. The van der Waals surface area contributed by atoms with Crippen molar-refractivity contribution in [1.29, 1.82) is 0 Å². The second-order valence-electron chi connectivity index (χ2n) is 17.8. The molecule has 0 bridgehead atoms. The van der Waals surface area contributed by atoms with Gasteiger partial charge in [-0.3, -0.25) is 0 Å². The van der Waals surface area contributed by atoms with E-state index in [0.29, 0.717) is 0 Å². The number of hydrogen-bond acceptors (Lipinski definition) is 2. The van der Waals surface area contributed by atoms with Crippen LogP contribution in [-0.4, -0.2) is 0 Å². The van der Waals surface area contributed by atoms with Gasteiger partial charge in [-0.25, -0.2) is 0 Å². The standard InChI is InChI=1S/C49H50N2/c1-46(2,3)33-23-25-35(26-24-33)50(34-19-14-11-15-20-34)36-29-41-45-42(30-36)49(8,9)40-28-32(31-17-12-10-13-18-31)27-39-44(40)51(45)43-37(47(39,4)5)21-16-22-38(43)48(41,6)7/h10-14,16-19,21-30H,15,20H2,1-9H3. The van der Waals surface area contributed by atoms with Crippen molar-refractivity contribution in [3.05, 3.63) is 160 Å². The van der Waals surface area contributed by atoms with Crippen molar-refractivity contribution in [2.45, 2.75) is 96.8 Å². The summed E-state index contributed by atoms with van der Waals surface area (Å²) in [4.78, 5) is 5.23. The third kappa shape index (κ3) is 4.48. The van der Waals surface area contributed by atoms with E-state index in [1.54, 1.807) is 0 Å². The van der Waals surface area contributed by atoms with Crippen molar-refractivity contribution in [3.63, 3.8) is 0 Å². The lowest BCUT2D eigenvalue weighted by Crippen LogP contribution is -2.43. The molecule has 0 atom stereocenters. The number of nitrogens with zero attached hydrogens (tertiary/aromatic N) is 2. The van der Waals surface area contributed by atoms with E-state index in [9.17, 15) is 0 Å². The van der Waals surface area contributed by atoms with Crippen molar-refractivity contribution >= 4 is 28.4 Å². The van der Waals surface area contributed by atoms with Gasteiger partial charge in [0.1, 0.15) is 0 Å². The normalized spacial score (nSPS) is 18.2. The molecule has 5 aromatic carbocycles. The molecule has 256 valence electrons. The SMILES string of the molecule is CC(C)(C)c1ccc(N(C2=CC=CCC2)c2cc3c4c(c2)C(C)(C)c2cc(-c5ccccc5)cc5c2N4c2c(cccc2C3(C)C)C5(C)C)cc1. The largest absolute Gasteiger partial charge is 0.314 e. The molecule has 9 rings (SSSR count). The van der Waals surface area contributed by atoms with Gasteiger partial charge in [-0.2, -0.15) is 0 Å². The van der Waals surface area contributed by atoms with Crippen LogP contribution in [0.15, 0.2) is 121 Å². The van der Waals surface area contributed by atoms with Crippen LogP contribution in [0.5, 0.6) is 0 Å². The molecule has 0 N–H and O–H groups in total. The molecule has 0 aromatic heterocycles. The number of benzene rings is 5. The zero-order valence-corrected chi connectivity index (χ0v) is 31.8. The van der Waals surface area contributed by atoms with E-state index >= 15 is 0 Å². The zero-order chi connectivity index (χ0) is 35.7. The van der Waals surface area contributed by atoms with Gasteiger partial charge in [0.25, 0.3) is 0 Å². The second-order valence-corrected chi connectivity index (χ2v) is 17.8. The summed E-state index contributed by atoms with van der Waals surface area (Å²) in [6, 6.07) is 37.4. The van der Waals surface area contributed by atoms with Crippen molar-refractivity contribution in [3.8, 4) is 11.1 Å². The second kappa shape index (κ2) is 10.6. The van der Waals surface area contributed by atoms with Gasteiger partial charge in [-0.05, 0) is 111 Å². The summed E-state index contributed by atoms with van der Waals surface area (Å²) in [7, 11) is 0. The van der Waals surface area contributed by atoms with Crippen LogP contribution in [0.2, 0.25) is 0 Å². The topological polar surface area (TPSA) is 6.48 Å². The fourth-order valence-electron chi connectivity index (χ4n) is 9.50. The number of allylic oxidation sites excluding steroid dienone is 4. The molecule has 0 unspecified atom stereocenters. The van der Waals surface area contributed by atoms with Crippen molar-refractivity contribution in [1.82, 2.24) is 0 Å². The smallest absolute Gasteiger partial charge is 0.0545 e. The monoisotopic (exact) mass is 666 g/mol. The van der Waals surface area contributed by atoms with Crippen LogP contribution in [0.3, 0.4) is 0 Å². The van der Waals surface area contributed by atoms with Crippen LogP contribution in [0, 0.1) is 0 Å². The molecule has 0 saturated heterocycles. The highest BCUT2D eigenvalue weighted by atomic mass is 15.2. The molecule has 5 aromatic rings. The fourth-order valence-corrected chi connectivity index (χ4v) is 9.50. The number of hydrogen-bond donors (Lipinski definition) is 0. The molecule has 3 aliphatic heterocycles. The zero-order valence-electron chi connectivity index (χ0n) is 31.8. The molecule has 51 heavy (non-hydrogen) atoms. The molecule has 2 heteroatoms. The van der Waals surface area contributed by atoms with Crippen LogP contribution in [-0.2, 0) is 21.7 Å². The number of para-hydroxylation sites is 1. The van der Waals surface area contributed by atoms with E-state index in [4.69, 9.17) is 0 Å². The van der Waals surface area contributed by atoms with E-state index < -0.39 is 0 Å². The fraction of sp³-hybridized carbons (Fsp3) is 0.306. The molecular formula is C49H50N2. The summed E-state index contributed by atoms with van der Waals surface area (Å²) in [5.74, 6) is 0. The van der Waals surface area contributed by atoms with Gasteiger partial charge in [-0.1, -0.05) is 135 Å². The molecule has 3 heterocycles. The van der Waals surface area contributed by atoms with Crippen molar-refractivity contribution < 1.29 is 0 Å². The van der Waals surface area contributed by atoms with Crippen molar-refractivity contribution in [2.24, 2.45) is 0 Å². The van der Waals surface area contributed by atoms with Gasteiger partial charge >= 0.3 is 0 Å². The van der Waals surface area contributed by atoms with Crippen LogP contribution >= 0.6 is 0 Å². The summed E-state index contributed by atoms with van der Waals surface area (Å²) in [5, 5.41) is 0. The molecule has 0 fully saturated rings. The number of anilines is 5. The summed E-state index contributed by atoms with van der Waals surface area (Å²) in [5.41, 5.74) is 19.8. The Morgan fingerprint density at radius 1 is 0.549 bits per heavy atom. The minimum absolute atomic E-state index is 0.0976. The van der Waals surface area contributed by atoms with Gasteiger partial charge in [0.15, 0.2) is 0 Å². The molecule has 2 nitrogen and oxygen atoms in total. The molecule has 0 spiro atoms. The Bertz CT molecular complexity index is 2310.